The zero-order valence-electron chi connectivity index (χ0n) is 6.79. The summed E-state index contributed by atoms with van der Waals surface area (Å²) in [7, 11) is 0. The summed E-state index contributed by atoms with van der Waals surface area (Å²) in [6, 6.07) is 1.95. The molecular weight excluding hydrogens is 220 g/mol. The lowest BCUT2D eigenvalue weighted by Gasteiger charge is -1.97. The van der Waals surface area contributed by atoms with E-state index in [1.807, 2.05) is 6.07 Å². The summed E-state index contributed by atoms with van der Waals surface area (Å²) in [5.41, 5.74) is 0.353. The van der Waals surface area contributed by atoms with E-state index in [1.165, 1.54) is 0 Å². The van der Waals surface area contributed by atoms with Gasteiger partial charge in [-0.25, -0.2) is 4.68 Å². The van der Waals surface area contributed by atoms with Crippen LogP contribution in [0.4, 0.5) is 0 Å². The van der Waals surface area contributed by atoms with E-state index in [-0.39, 0.29) is 0 Å². The molecule has 0 amide bonds. The molecule has 1 aromatic heterocycles. The van der Waals surface area contributed by atoms with Crippen molar-refractivity contribution in [2.24, 2.45) is 0 Å². The van der Waals surface area contributed by atoms with Crippen LogP contribution in [0.25, 0.3) is 0 Å². The third-order valence-electron chi connectivity index (χ3n) is 1.50. The minimum atomic E-state index is 0.353. The molecule has 0 radical (unpaired) electrons. The highest BCUT2D eigenvalue weighted by atomic mass is 79.9. The van der Waals surface area contributed by atoms with E-state index in [1.54, 1.807) is 4.68 Å². The number of halogens is 1. The van der Waals surface area contributed by atoms with Crippen molar-refractivity contribution in [2.75, 3.05) is 0 Å². The summed E-state index contributed by atoms with van der Waals surface area (Å²) in [6.07, 6.45) is 2.15. The monoisotopic (exact) mass is 228 g/mol. The number of rotatable bonds is 3. The van der Waals surface area contributed by atoms with Gasteiger partial charge in [0.2, 0.25) is 0 Å². The standard InChI is InChI=1S/C7H9BrN4/c1-2-3-4-12-7(8)6(5-9)10-11-12/h2-4H2,1H3. The molecule has 0 saturated carbocycles. The van der Waals surface area contributed by atoms with Gasteiger partial charge >= 0.3 is 0 Å². The van der Waals surface area contributed by atoms with Crippen molar-refractivity contribution in [3.05, 3.63) is 10.3 Å². The Kier molecular flexibility index (Phi) is 3.23. The predicted molar refractivity (Wildman–Crippen MR) is 47.3 cm³/mol. The number of nitrogens with zero attached hydrogens (tertiary/aromatic N) is 4. The highest BCUT2D eigenvalue weighted by Gasteiger charge is 2.07. The fraction of sp³-hybridized carbons (Fsp3) is 0.571. The summed E-state index contributed by atoms with van der Waals surface area (Å²) in [5.74, 6) is 0. The first-order valence-electron chi connectivity index (χ1n) is 3.78. The van der Waals surface area contributed by atoms with Crippen molar-refractivity contribution >= 4 is 15.9 Å². The first-order valence-corrected chi connectivity index (χ1v) is 4.58. The SMILES string of the molecule is CCCCn1nnc(C#N)c1Br. The first-order chi connectivity index (χ1) is 5.79. The van der Waals surface area contributed by atoms with Crippen LogP contribution >= 0.6 is 15.9 Å². The van der Waals surface area contributed by atoms with Gasteiger partial charge < -0.3 is 0 Å². The van der Waals surface area contributed by atoms with Crippen LogP contribution in [-0.2, 0) is 6.54 Å². The Balaban J connectivity index is 2.75. The second-order valence-electron chi connectivity index (χ2n) is 2.42. The molecule has 1 heterocycles. The molecular formula is C7H9BrN4. The van der Waals surface area contributed by atoms with E-state index < -0.39 is 0 Å². The molecule has 0 unspecified atom stereocenters. The number of nitriles is 1. The molecule has 5 heteroatoms. The van der Waals surface area contributed by atoms with Gasteiger partial charge in [-0.05, 0) is 22.4 Å². The summed E-state index contributed by atoms with van der Waals surface area (Å²) in [4.78, 5) is 0. The van der Waals surface area contributed by atoms with Crippen LogP contribution in [0, 0.1) is 11.3 Å². The quantitative estimate of drug-likeness (QED) is 0.792. The Morgan fingerprint density at radius 1 is 1.67 bits per heavy atom. The predicted octanol–water partition coefficient (Wildman–Crippen LogP) is 1.71. The normalized spacial score (nSPS) is 9.75. The smallest absolute Gasteiger partial charge is 0.197 e. The van der Waals surface area contributed by atoms with Gasteiger partial charge in [0, 0.05) is 6.54 Å². The topological polar surface area (TPSA) is 54.5 Å². The molecule has 0 saturated heterocycles. The van der Waals surface area contributed by atoms with Crippen LogP contribution in [-0.4, -0.2) is 15.0 Å². The first kappa shape index (κ1) is 9.20. The average molecular weight is 229 g/mol. The van der Waals surface area contributed by atoms with Crippen LogP contribution in [0.5, 0.6) is 0 Å². The number of hydrogen-bond donors (Lipinski definition) is 0. The lowest BCUT2D eigenvalue weighted by molar-refractivity contribution is 0.544. The molecule has 0 N–H and O–H groups in total. The Morgan fingerprint density at radius 3 is 2.92 bits per heavy atom. The molecule has 0 fully saturated rings. The molecule has 4 nitrogen and oxygen atoms in total. The van der Waals surface area contributed by atoms with Gasteiger partial charge in [0.15, 0.2) is 5.69 Å². The van der Waals surface area contributed by atoms with Gasteiger partial charge in [0.1, 0.15) is 10.7 Å². The third kappa shape index (κ3) is 1.83. The average Bonchev–Trinajstić information content (AvgIpc) is 2.43. The number of aromatic nitrogens is 3. The molecule has 1 rings (SSSR count). The van der Waals surface area contributed by atoms with Gasteiger partial charge in [0.25, 0.3) is 0 Å². The molecule has 0 aliphatic rings. The maximum atomic E-state index is 8.56. The Labute approximate surface area is 79.3 Å². The fourth-order valence-corrected chi connectivity index (χ4v) is 1.24. The molecule has 64 valence electrons. The molecule has 12 heavy (non-hydrogen) atoms. The number of unbranched alkanes of at least 4 members (excludes halogenated alkanes) is 1. The van der Waals surface area contributed by atoms with Crippen molar-refractivity contribution < 1.29 is 0 Å². The fourth-order valence-electron chi connectivity index (χ4n) is 0.821. The molecule has 0 spiro atoms. The maximum absolute atomic E-state index is 8.56. The summed E-state index contributed by atoms with van der Waals surface area (Å²) in [5, 5.41) is 16.1. The Bertz CT molecular complexity index is 299. The molecule has 0 atom stereocenters. The van der Waals surface area contributed by atoms with E-state index in [0.717, 1.165) is 19.4 Å². The number of hydrogen-bond acceptors (Lipinski definition) is 3. The van der Waals surface area contributed by atoms with Crippen molar-refractivity contribution in [3.8, 4) is 6.07 Å². The van der Waals surface area contributed by atoms with Crippen molar-refractivity contribution in [1.82, 2.24) is 15.0 Å². The van der Waals surface area contributed by atoms with Crippen molar-refractivity contribution in [3.63, 3.8) is 0 Å². The second-order valence-corrected chi connectivity index (χ2v) is 3.17. The number of aryl methyl sites for hydroxylation is 1. The van der Waals surface area contributed by atoms with E-state index in [2.05, 4.69) is 33.2 Å². The van der Waals surface area contributed by atoms with Gasteiger partial charge in [-0.15, -0.1) is 5.10 Å². The highest BCUT2D eigenvalue weighted by molar-refractivity contribution is 9.10. The maximum Gasteiger partial charge on any atom is 0.197 e. The van der Waals surface area contributed by atoms with E-state index in [0.29, 0.717) is 10.3 Å². The van der Waals surface area contributed by atoms with E-state index in [9.17, 15) is 0 Å². The minimum Gasteiger partial charge on any atom is -0.237 e. The zero-order chi connectivity index (χ0) is 8.97. The third-order valence-corrected chi connectivity index (χ3v) is 2.29. The van der Waals surface area contributed by atoms with E-state index >= 15 is 0 Å². The highest BCUT2D eigenvalue weighted by Crippen LogP contribution is 2.12. The van der Waals surface area contributed by atoms with Gasteiger partial charge in [-0.3, -0.25) is 0 Å². The van der Waals surface area contributed by atoms with Crippen molar-refractivity contribution in [1.29, 1.82) is 5.26 Å². The largest absolute Gasteiger partial charge is 0.237 e. The lowest BCUT2D eigenvalue weighted by Crippen LogP contribution is -2.00. The summed E-state index contributed by atoms with van der Waals surface area (Å²) in [6.45, 7) is 2.92. The summed E-state index contributed by atoms with van der Waals surface area (Å²) < 4.78 is 2.38. The van der Waals surface area contributed by atoms with Gasteiger partial charge in [-0.1, -0.05) is 18.6 Å². The van der Waals surface area contributed by atoms with Crippen LogP contribution in [0.3, 0.4) is 0 Å². The molecule has 0 aliphatic carbocycles. The Hall–Kier alpha value is -0.890. The molecule has 0 bridgehead atoms. The summed E-state index contributed by atoms with van der Waals surface area (Å²) >= 11 is 3.26. The second kappa shape index (κ2) is 4.21. The lowest BCUT2D eigenvalue weighted by atomic mass is 10.3. The zero-order valence-corrected chi connectivity index (χ0v) is 8.37. The molecule has 0 aromatic carbocycles. The van der Waals surface area contributed by atoms with Crippen LogP contribution in [0.2, 0.25) is 0 Å². The molecule has 0 aliphatic heterocycles. The van der Waals surface area contributed by atoms with Gasteiger partial charge in [0.05, 0.1) is 0 Å². The van der Waals surface area contributed by atoms with Crippen molar-refractivity contribution in [2.45, 2.75) is 26.3 Å². The van der Waals surface area contributed by atoms with E-state index in [4.69, 9.17) is 5.26 Å². The molecule has 1 aromatic rings. The van der Waals surface area contributed by atoms with Crippen LogP contribution < -0.4 is 0 Å². The minimum absolute atomic E-state index is 0.353. The van der Waals surface area contributed by atoms with Gasteiger partial charge in [-0.2, -0.15) is 5.26 Å². The van der Waals surface area contributed by atoms with Crippen LogP contribution in [0.15, 0.2) is 4.60 Å². The van der Waals surface area contributed by atoms with Crippen LogP contribution in [0.1, 0.15) is 25.5 Å². The Morgan fingerprint density at radius 2 is 2.42 bits per heavy atom.